The molecule has 2 aromatic rings. The first-order chi connectivity index (χ1) is 8.20. The average Bonchev–Trinajstić information content (AvgIpc) is 2.39. The second-order valence-corrected chi connectivity index (χ2v) is 5.34. The van der Waals surface area contributed by atoms with Crippen LogP contribution in [0.3, 0.4) is 0 Å². The van der Waals surface area contributed by atoms with Crippen molar-refractivity contribution in [3.8, 4) is 0 Å². The molecule has 2 rings (SSSR count). The van der Waals surface area contributed by atoms with Gasteiger partial charge in [0, 0.05) is 9.79 Å². The van der Waals surface area contributed by atoms with Crippen molar-refractivity contribution in [3.63, 3.8) is 0 Å². The molecule has 17 heavy (non-hydrogen) atoms. The maximum Gasteiger partial charge on any atom is 0.0849 e. The molecule has 0 saturated carbocycles. The first kappa shape index (κ1) is 11.8. The predicted molar refractivity (Wildman–Crippen MR) is 72.4 cm³/mol. The van der Waals surface area contributed by atoms with Crippen LogP contribution in [0, 0.1) is 6.92 Å². The van der Waals surface area contributed by atoms with Crippen molar-refractivity contribution < 1.29 is 4.21 Å². The van der Waals surface area contributed by atoms with E-state index in [0.29, 0.717) is 0 Å². The second-order valence-electron chi connectivity index (χ2n) is 3.85. The average molecular weight is 242 g/mol. The van der Waals surface area contributed by atoms with Crippen molar-refractivity contribution in [2.45, 2.75) is 16.7 Å². The van der Waals surface area contributed by atoms with Crippen molar-refractivity contribution in [2.75, 3.05) is 0 Å². The van der Waals surface area contributed by atoms with Gasteiger partial charge < -0.3 is 0 Å². The molecule has 2 aromatic carbocycles. The summed E-state index contributed by atoms with van der Waals surface area (Å²) >= 11 is 0. The summed E-state index contributed by atoms with van der Waals surface area (Å²) in [6.45, 7) is 5.72. The Labute approximate surface area is 104 Å². The fourth-order valence-corrected chi connectivity index (χ4v) is 2.56. The van der Waals surface area contributed by atoms with Gasteiger partial charge in [-0.1, -0.05) is 42.5 Å². The number of rotatable bonds is 3. The van der Waals surface area contributed by atoms with Crippen molar-refractivity contribution in [3.05, 3.63) is 66.2 Å². The lowest BCUT2D eigenvalue weighted by Crippen LogP contribution is -1.92. The van der Waals surface area contributed by atoms with Gasteiger partial charge in [-0.3, -0.25) is 0 Å². The normalized spacial score (nSPS) is 12.1. The summed E-state index contributed by atoms with van der Waals surface area (Å²) in [6.07, 6.45) is 1.78. The van der Waals surface area contributed by atoms with Crippen molar-refractivity contribution in [2.24, 2.45) is 0 Å². The van der Waals surface area contributed by atoms with Gasteiger partial charge in [0.1, 0.15) is 0 Å². The molecular weight excluding hydrogens is 228 g/mol. The third kappa shape index (κ3) is 2.71. The quantitative estimate of drug-likeness (QED) is 0.800. The van der Waals surface area contributed by atoms with Gasteiger partial charge in [-0.15, -0.1) is 0 Å². The lowest BCUT2D eigenvalue weighted by molar-refractivity contribution is 0.683. The molecule has 0 heterocycles. The Hall–Kier alpha value is -1.67. The molecular formula is C15H14OS. The molecule has 0 spiro atoms. The van der Waals surface area contributed by atoms with Crippen molar-refractivity contribution in [1.29, 1.82) is 0 Å². The lowest BCUT2D eigenvalue weighted by Gasteiger charge is -2.03. The van der Waals surface area contributed by atoms with Gasteiger partial charge in [0.15, 0.2) is 0 Å². The van der Waals surface area contributed by atoms with Crippen LogP contribution in [-0.2, 0) is 10.8 Å². The van der Waals surface area contributed by atoms with E-state index in [9.17, 15) is 4.21 Å². The zero-order valence-electron chi connectivity index (χ0n) is 9.72. The van der Waals surface area contributed by atoms with Crippen LogP contribution in [0.1, 0.15) is 11.1 Å². The molecule has 0 aliphatic heterocycles. The Kier molecular flexibility index (Phi) is 3.55. The highest BCUT2D eigenvalue weighted by Crippen LogP contribution is 2.17. The maximum absolute atomic E-state index is 12.2. The molecule has 0 aliphatic carbocycles. The molecule has 0 aliphatic rings. The minimum absolute atomic E-state index is 0.819. The highest BCUT2D eigenvalue weighted by atomic mass is 32.2. The molecule has 1 nitrogen and oxygen atoms in total. The molecule has 86 valence electrons. The van der Waals surface area contributed by atoms with E-state index in [1.165, 1.54) is 5.56 Å². The van der Waals surface area contributed by atoms with E-state index in [0.717, 1.165) is 15.4 Å². The van der Waals surface area contributed by atoms with Crippen LogP contribution in [0.5, 0.6) is 0 Å². The van der Waals surface area contributed by atoms with E-state index in [-0.39, 0.29) is 0 Å². The van der Waals surface area contributed by atoms with Gasteiger partial charge in [-0.05, 0) is 36.8 Å². The second kappa shape index (κ2) is 5.11. The minimum atomic E-state index is -1.10. The first-order valence-corrected chi connectivity index (χ1v) is 6.56. The summed E-state index contributed by atoms with van der Waals surface area (Å²) in [4.78, 5) is 1.65. The summed E-state index contributed by atoms with van der Waals surface area (Å²) < 4.78 is 12.2. The Morgan fingerprint density at radius 2 is 1.41 bits per heavy atom. The van der Waals surface area contributed by atoms with Crippen LogP contribution in [0.4, 0.5) is 0 Å². The van der Waals surface area contributed by atoms with E-state index in [1.54, 1.807) is 6.08 Å². The summed E-state index contributed by atoms with van der Waals surface area (Å²) in [6, 6.07) is 15.4. The molecule has 2 heteroatoms. The number of benzene rings is 2. The molecule has 1 atom stereocenters. The Morgan fingerprint density at radius 1 is 0.941 bits per heavy atom. The topological polar surface area (TPSA) is 17.1 Å². The Morgan fingerprint density at radius 3 is 1.88 bits per heavy atom. The number of hydrogen-bond donors (Lipinski definition) is 0. The van der Waals surface area contributed by atoms with E-state index in [2.05, 4.69) is 6.58 Å². The summed E-state index contributed by atoms with van der Waals surface area (Å²) in [5.41, 5.74) is 2.21. The molecule has 0 N–H and O–H groups in total. The van der Waals surface area contributed by atoms with Gasteiger partial charge in [0.05, 0.1) is 10.8 Å². The maximum atomic E-state index is 12.2. The van der Waals surface area contributed by atoms with E-state index in [1.807, 2.05) is 55.5 Å². The van der Waals surface area contributed by atoms with Gasteiger partial charge in [0.25, 0.3) is 0 Å². The van der Waals surface area contributed by atoms with Gasteiger partial charge in [0.2, 0.25) is 0 Å². The highest BCUT2D eigenvalue weighted by Gasteiger charge is 2.05. The third-order valence-electron chi connectivity index (χ3n) is 2.56. The lowest BCUT2D eigenvalue weighted by atomic mass is 10.2. The van der Waals surface area contributed by atoms with Gasteiger partial charge in [-0.2, -0.15) is 0 Å². The Balaban J connectivity index is 2.30. The summed E-state index contributed by atoms with van der Waals surface area (Å²) in [7, 11) is -1.10. The van der Waals surface area contributed by atoms with Crippen molar-refractivity contribution in [1.82, 2.24) is 0 Å². The minimum Gasteiger partial charge on any atom is -0.249 e. The molecule has 1 unspecified atom stereocenters. The molecule has 0 amide bonds. The highest BCUT2D eigenvalue weighted by molar-refractivity contribution is 7.85. The standard InChI is InChI=1S/C15H14OS/c1-3-13-6-10-15(11-7-13)17(16)14-8-4-12(2)5-9-14/h3-11H,1H2,2H3. The number of hydrogen-bond acceptors (Lipinski definition) is 1. The van der Waals surface area contributed by atoms with Crippen LogP contribution >= 0.6 is 0 Å². The predicted octanol–water partition coefficient (Wildman–Crippen LogP) is 3.80. The van der Waals surface area contributed by atoms with Gasteiger partial charge in [-0.25, -0.2) is 4.21 Å². The monoisotopic (exact) mass is 242 g/mol. The van der Waals surface area contributed by atoms with E-state index < -0.39 is 10.8 Å². The molecule has 0 saturated heterocycles. The van der Waals surface area contributed by atoms with E-state index >= 15 is 0 Å². The molecule has 0 bridgehead atoms. The fraction of sp³-hybridized carbons (Fsp3) is 0.0667. The van der Waals surface area contributed by atoms with Crippen LogP contribution in [0.25, 0.3) is 6.08 Å². The first-order valence-electron chi connectivity index (χ1n) is 5.41. The van der Waals surface area contributed by atoms with E-state index in [4.69, 9.17) is 0 Å². The van der Waals surface area contributed by atoms with Crippen LogP contribution in [0.2, 0.25) is 0 Å². The SMILES string of the molecule is C=Cc1ccc(S(=O)c2ccc(C)cc2)cc1. The third-order valence-corrected chi connectivity index (χ3v) is 3.97. The molecule has 0 aromatic heterocycles. The zero-order chi connectivity index (χ0) is 12.3. The largest absolute Gasteiger partial charge is 0.249 e. The number of aryl methyl sites for hydroxylation is 1. The summed E-state index contributed by atoms with van der Waals surface area (Å²) in [5.74, 6) is 0. The Bertz CT molecular complexity index is 538. The van der Waals surface area contributed by atoms with Crippen molar-refractivity contribution >= 4 is 16.9 Å². The fourth-order valence-electron chi connectivity index (χ4n) is 1.53. The van der Waals surface area contributed by atoms with Crippen LogP contribution < -0.4 is 0 Å². The smallest absolute Gasteiger partial charge is 0.0849 e. The van der Waals surface area contributed by atoms with Gasteiger partial charge >= 0.3 is 0 Å². The van der Waals surface area contributed by atoms with Crippen LogP contribution in [-0.4, -0.2) is 4.21 Å². The summed E-state index contributed by atoms with van der Waals surface area (Å²) in [5, 5.41) is 0. The molecule has 0 fully saturated rings. The van der Waals surface area contributed by atoms with Crippen LogP contribution in [0.15, 0.2) is 64.9 Å². The molecule has 0 radical (unpaired) electrons. The zero-order valence-corrected chi connectivity index (χ0v) is 10.5.